The van der Waals surface area contributed by atoms with Crippen LogP contribution in [0.4, 0.5) is 0 Å². The summed E-state index contributed by atoms with van der Waals surface area (Å²) in [6, 6.07) is 9.63. The van der Waals surface area contributed by atoms with Crippen molar-refractivity contribution in [1.82, 2.24) is 4.90 Å². The lowest BCUT2D eigenvalue weighted by Crippen LogP contribution is -2.31. The average molecular weight is 293 g/mol. The van der Waals surface area contributed by atoms with Gasteiger partial charge in [0.1, 0.15) is 0 Å². The van der Waals surface area contributed by atoms with Crippen LogP contribution in [0.2, 0.25) is 0 Å². The Morgan fingerprint density at radius 3 is 2.75 bits per heavy atom. The van der Waals surface area contributed by atoms with E-state index in [4.69, 9.17) is 0 Å². The number of hydrogen-bond donors (Lipinski definition) is 1. The van der Waals surface area contributed by atoms with Gasteiger partial charge in [-0.05, 0) is 12.0 Å². The maximum Gasteiger partial charge on any atom is 0.224 e. The first-order chi connectivity index (χ1) is 9.61. The number of amides is 1. The van der Waals surface area contributed by atoms with E-state index in [1.54, 1.807) is 4.90 Å². The van der Waals surface area contributed by atoms with Gasteiger partial charge >= 0.3 is 0 Å². The molecule has 1 aliphatic heterocycles. The second-order valence-electron chi connectivity index (χ2n) is 4.92. The Kier molecular flexibility index (Phi) is 5.20. The molecule has 1 N–H and O–H groups in total. The van der Waals surface area contributed by atoms with Gasteiger partial charge in [-0.3, -0.25) is 9.59 Å². The Morgan fingerprint density at radius 1 is 1.45 bits per heavy atom. The smallest absolute Gasteiger partial charge is 0.224 e. The summed E-state index contributed by atoms with van der Waals surface area (Å²) in [7, 11) is 0. The molecule has 1 aromatic carbocycles. The topological polar surface area (TPSA) is 57.6 Å². The zero-order chi connectivity index (χ0) is 14.5. The Hall–Kier alpha value is -1.33. The Labute approximate surface area is 123 Å². The van der Waals surface area contributed by atoms with Gasteiger partial charge in [0.05, 0.1) is 6.04 Å². The highest BCUT2D eigenvalue weighted by Crippen LogP contribution is 2.32. The van der Waals surface area contributed by atoms with E-state index < -0.39 is 0 Å². The quantitative estimate of drug-likeness (QED) is 0.902. The lowest BCUT2D eigenvalue weighted by atomic mass is 10.0. The molecule has 2 unspecified atom stereocenters. The molecule has 2 rings (SSSR count). The fourth-order valence-electron chi connectivity index (χ4n) is 2.61. The van der Waals surface area contributed by atoms with Gasteiger partial charge in [0.15, 0.2) is 5.12 Å². The molecule has 20 heavy (non-hydrogen) atoms. The maximum absolute atomic E-state index is 12.2. The average Bonchev–Trinajstić information content (AvgIpc) is 2.76. The lowest BCUT2D eigenvalue weighted by Gasteiger charge is -2.28. The molecule has 2 atom stereocenters. The Balaban J connectivity index is 2.14. The van der Waals surface area contributed by atoms with Crippen molar-refractivity contribution in [3.05, 3.63) is 35.9 Å². The van der Waals surface area contributed by atoms with Crippen LogP contribution >= 0.6 is 11.8 Å². The van der Waals surface area contributed by atoms with Gasteiger partial charge in [-0.25, -0.2) is 0 Å². The monoisotopic (exact) mass is 293 g/mol. The molecule has 0 spiro atoms. The summed E-state index contributed by atoms with van der Waals surface area (Å²) in [4.78, 5) is 25.1. The normalized spacial score (nSPS) is 20.2. The van der Waals surface area contributed by atoms with E-state index in [-0.39, 0.29) is 28.9 Å². The van der Waals surface area contributed by atoms with Gasteiger partial charge in [-0.2, -0.15) is 0 Å². The van der Waals surface area contributed by atoms with E-state index in [9.17, 15) is 14.7 Å². The van der Waals surface area contributed by atoms with Gasteiger partial charge in [-0.15, -0.1) is 0 Å². The molecule has 1 amide bonds. The van der Waals surface area contributed by atoms with Crippen molar-refractivity contribution in [1.29, 1.82) is 0 Å². The summed E-state index contributed by atoms with van der Waals surface area (Å²) in [5.74, 6) is 0.0612. The molecule has 0 radical (unpaired) electrons. The number of thioether (sulfide) groups is 1. The van der Waals surface area contributed by atoms with Gasteiger partial charge < -0.3 is 10.0 Å². The number of aliphatic hydroxyl groups excluding tert-OH is 1. The third-order valence-corrected chi connectivity index (χ3v) is 4.40. The Morgan fingerprint density at radius 2 is 2.15 bits per heavy atom. The van der Waals surface area contributed by atoms with Gasteiger partial charge in [-0.1, -0.05) is 42.1 Å². The Bertz CT molecular complexity index is 477. The molecule has 0 aromatic heterocycles. The van der Waals surface area contributed by atoms with Crippen LogP contribution in [0.5, 0.6) is 0 Å². The SMILES string of the molecule is CC(=O)SC1CC(=O)N(C(CCO)c2ccccc2)C1. The van der Waals surface area contributed by atoms with E-state index in [2.05, 4.69) is 0 Å². The number of carbonyl (C=O) groups is 2. The van der Waals surface area contributed by atoms with Crippen LogP contribution in [0.25, 0.3) is 0 Å². The highest BCUT2D eigenvalue weighted by atomic mass is 32.2. The number of nitrogens with zero attached hydrogens (tertiary/aromatic N) is 1. The summed E-state index contributed by atoms with van der Waals surface area (Å²) >= 11 is 1.24. The number of hydrogen-bond acceptors (Lipinski definition) is 4. The second kappa shape index (κ2) is 6.90. The van der Waals surface area contributed by atoms with Crippen molar-refractivity contribution in [2.45, 2.75) is 31.1 Å². The molecule has 0 saturated carbocycles. The summed E-state index contributed by atoms with van der Waals surface area (Å²) in [5, 5.41) is 9.34. The molecule has 1 aromatic rings. The second-order valence-corrected chi connectivity index (χ2v) is 6.40. The van der Waals surface area contributed by atoms with Crippen LogP contribution in [0.1, 0.15) is 31.4 Å². The summed E-state index contributed by atoms with van der Waals surface area (Å²) in [5.41, 5.74) is 1.03. The van der Waals surface area contributed by atoms with Gasteiger partial charge in [0.25, 0.3) is 0 Å². The van der Waals surface area contributed by atoms with Crippen LogP contribution < -0.4 is 0 Å². The van der Waals surface area contributed by atoms with E-state index >= 15 is 0 Å². The van der Waals surface area contributed by atoms with E-state index in [1.807, 2.05) is 30.3 Å². The molecule has 5 heteroatoms. The van der Waals surface area contributed by atoms with E-state index in [0.29, 0.717) is 19.4 Å². The predicted molar refractivity (Wildman–Crippen MR) is 79.3 cm³/mol. The molecule has 108 valence electrons. The van der Waals surface area contributed by atoms with Crippen LogP contribution in [0.15, 0.2) is 30.3 Å². The molecular formula is C15H19NO3S. The first-order valence-corrected chi connectivity index (χ1v) is 7.62. The van der Waals surface area contributed by atoms with Crippen molar-refractivity contribution in [3.8, 4) is 0 Å². The standard InChI is InChI=1S/C15H19NO3S/c1-11(18)20-13-9-15(19)16(10-13)14(7-8-17)12-5-3-2-4-6-12/h2-6,13-14,17H,7-10H2,1H3. The van der Waals surface area contributed by atoms with Crippen LogP contribution in [0, 0.1) is 0 Å². The number of rotatable bonds is 5. The van der Waals surface area contributed by atoms with E-state index in [0.717, 1.165) is 5.56 Å². The predicted octanol–water partition coefficient (Wildman–Crippen LogP) is 1.99. The summed E-state index contributed by atoms with van der Waals surface area (Å²) < 4.78 is 0. The zero-order valence-corrected chi connectivity index (χ0v) is 12.3. The first-order valence-electron chi connectivity index (χ1n) is 6.74. The van der Waals surface area contributed by atoms with Crippen LogP contribution in [0.3, 0.4) is 0 Å². The highest BCUT2D eigenvalue weighted by molar-refractivity contribution is 8.14. The number of aliphatic hydroxyl groups is 1. The molecule has 0 bridgehead atoms. The minimum Gasteiger partial charge on any atom is -0.396 e. The number of carbonyl (C=O) groups excluding carboxylic acids is 2. The molecule has 1 fully saturated rings. The fourth-order valence-corrected chi connectivity index (χ4v) is 3.54. The molecule has 1 aliphatic rings. The van der Waals surface area contributed by atoms with Gasteiger partial charge in [0, 0.05) is 31.7 Å². The first kappa shape index (κ1) is 15.1. The minimum atomic E-state index is -0.105. The zero-order valence-electron chi connectivity index (χ0n) is 11.5. The van der Waals surface area contributed by atoms with Gasteiger partial charge in [0.2, 0.25) is 5.91 Å². The third-order valence-electron chi connectivity index (χ3n) is 3.42. The van der Waals surface area contributed by atoms with Crippen molar-refractivity contribution in [2.75, 3.05) is 13.2 Å². The van der Waals surface area contributed by atoms with Crippen molar-refractivity contribution < 1.29 is 14.7 Å². The number of likely N-dealkylation sites (tertiary alicyclic amines) is 1. The van der Waals surface area contributed by atoms with Crippen molar-refractivity contribution in [3.63, 3.8) is 0 Å². The summed E-state index contributed by atoms with van der Waals surface area (Å²) in [6.07, 6.45) is 0.923. The summed E-state index contributed by atoms with van der Waals surface area (Å²) in [6.45, 7) is 2.14. The fraction of sp³-hybridized carbons (Fsp3) is 0.467. The maximum atomic E-state index is 12.2. The van der Waals surface area contributed by atoms with E-state index in [1.165, 1.54) is 18.7 Å². The molecule has 1 saturated heterocycles. The largest absolute Gasteiger partial charge is 0.396 e. The molecule has 4 nitrogen and oxygen atoms in total. The van der Waals surface area contributed by atoms with Crippen LogP contribution in [-0.4, -0.2) is 39.4 Å². The minimum absolute atomic E-state index is 0.0323. The third kappa shape index (κ3) is 3.61. The van der Waals surface area contributed by atoms with Crippen LogP contribution in [-0.2, 0) is 9.59 Å². The highest BCUT2D eigenvalue weighted by Gasteiger charge is 2.35. The van der Waals surface area contributed by atoms with Crippen molar-refractivity contribution >= 4 is 22.8 Å². The number of benzene rings is 1. The van der Waals surface area contributed by atoms with Crippen molar-refractivity contribution in [2.24, 2.45) is 0 Å². The molecular weight excluding hydrogens is 274 g/mol. The molecule has 0 aliphatic carbocycles. The lowest BCUT2D eigenvalue weighted by molar-refractivity contribution is -0.130. The molecule has 1 heterocycles.